The van der Waals surface area contributed by atoms with Gasteiger partial charge in [-0.25, -0.2) is 0 Å². The van der Waals surface area contributed by atoms with Crippen molar-refractivity contribution in [2.24, 2.45) is 0 Å². The molecule has 0 heterocycles. The van der Waals surface area contributed by atoms with E-state index in [1.807, 2.05) is 6.07 Å². The van der Waals surface area contributed by atoms with E-state index in [1.54, 1.807) is 0 Å². The summed E-state index contributed by atoms with van der Waals surface area (Å²) in [6.45, 7) is 5.79. The van der Waals surface area contributed by atoms with E-state index >= 15 is 0 Å². The highest BCUT2D eigenvalue weighted by atomic mass is 32.2. The molecule has 0 spiro atoms. The maximum absolute atomic E-state index is 11.1. The Kier molecular flexibility index (Phi) is 9.37. The van der Waals surface area contributed by atoms with E-state index in [0.29, 0.717) is 0 Å². The van der Waals surface area contributed by atoms with Gasteiger partial charge in [-0.2, -0.15) is 8.42 Å². The lowest BCUT2D eigenvalue weighted by molar-refractivity contribution is 0.307. The lowest BCUT2D eigenvalue weighted by Gasteiger charge is -2.15. The van der Waals surface area contributed by atoms with E-state index in [9.17, 15) is 8.42 Å². The minimum Gasteiger partial charge on any atom is -0.492 e. The molecule has 1 aromatic rings. The monoisotopic (exact) mass is 356 g/mol. The first-order chi connectivity index (χ1) is 11.4. The highest BCUT2D eigenvalue weighted by Gasteiger charge is 2.18. The summed E-state index contributed by atoms with van der Waals surface area (Å²) in [5.41, 5.74) is 2.45. The Morgan fingerprint density at radius 3 is 2.25 bits per heavy atom. The summed E-state index contributed by atoms with van der Waals surface area (Å²) in [6, 6.07) is 6.20. The predicted octanol–water partition coefficient (Wildman–Crippen LogP) is 4.81. The van der Waals surface area contributed by atoms with Crippen molar-refractivity contribution in [3.8, 4) is 5.75 Å². The summed E-state index contributed by atoms with van der Waals surface area (Å²) in [6.07, 6.45) is 9.05. The third-order valence-electron chi connectivity index (χ3n) is 4.23. The minimum atomic E-state index is -4.05. The molecule has 0 radical (unpaired) electrons. The van der Waals surface area contributed by atoms with Gasteiger partial charge in [0.25, 0.3) is 10.1 Å². The van der Waals surface area contributed by atoms with Crippen LogP contribution in [0.25, 0.3) is 0 Å². The molecule has 0 aliphatic rings. The Morgan fingerprint density at radius 2 is 1.67 bits per heavy atom. The molecule has 5 heteroatoms. The van der Waals surface area contributed by atoms with Gasteiger partial charge in [0.1, 0.15) is 17.6 Å². The van der Waals surface area contributed by atoms with Crippen LogP contribution in [0.4, 0.5) is 0 Å². The van der Waals surface area contributed by atoms with Gasteiger partial charge in [0.15, 0.2) is 0 Å². The second-order valence-electron chi connectivity index (χ2n) is 6.49. The van der Waals surface area contributed by atoms with E-state index < -0.39 is 15.4 Å². The number of aryl methyl sites for hydroxylation is 2. The Bertz CT molecular complexity index is 581. The van der Waals surface area contributed by atoms with Gasteiger partial charge in [-0.1, -0.05) is 51.7 Å². The van der Waals surface area contributed by atoms with Gasteiger partial charge in [-0.3, -0.25) is 4.55 Å². The number of hydrogen-bond acceptors (Lipinski definition) is 3. The molecular formula is C19H32O4S. The van der Waals surface area contributed by atoms with Crippen LogP contribution in [0.2, 0.25) is 0 Å². The van der Waals surface area contributed by atoms with Crippen molar-refractivity contribution in [1.29, 1.82) is 0 Å². The average Bonchev–Trinajstić information content (AvgIpc) is 2.53. The molecule has 1 atom stereocenters. The van der Waals surface area contributed by atoms with Crippen molar-refractivity contribution in [2.45, 2.75) is 77.4 Å². The fourth-order valence-corrected chi connectivity index (χ4v) is 2.80. The molecule has 0 amide bonds. The topological polar surface area (TPSA) is 63.6 Å². The first-order valence-corrected chi connectivity index (χ1v) is 10.6. The standard InChI is InChI=1S/C19H32O4S/c1-4-6-8-10-17-12-13-19(18(14-17)11-9-7-5-2)23-15-16(3)24(20,21)22/h12-14,16H,4-11,15H2,1-3H3,(H,20,21,22). The number of hydrogen-bond donors (Lipinski definition) is 1. The number of unbranched alkanes of at least 4 members (excludes halogenated alkanes) is 4. The van der Waals surface area contributed by atoms with Crippen molar-refractivity contribution in [3.63, 3.8) is 0 Å². The van der Waals surface area contributed by atoms with Crippen molar-refractivity contribution < 1.29 is 17.7 Å². The Balaban J connectivity index is 2.79. The lowest BCUT2D eigenvalue weighted by atomic mass is 10.0. The first kappa shape index (κ1) is 21.0. The summed E-state index contributed by atoms with van der Waals surface area (Å²) in [4.78, 5) is 0. The molecule has 0 fully saturated rings. The molecule has 1 unspecified atom stereocenters. The smallest absolute Gasteiger partial charge is 0.270 e. The van der Waals surface area contributed by atoms with Gasteiger partial charge >= 0.3 is 0 Å². The van der Waals surface area contributed by atoms with Gasteiger partial charge in [0.05, 0.1) is 0 Å². The van der Waals surface area contributed by atoms with Gasteiger partial charge < -0.3 is 4.74 Å². The quantitative estimate of drug-likeness (QED) is 0.431. The van der Waals surface area contributed by atoms with Crippen LogP contribution in [-0.4, -0.2) is 24.8 Å². The fourth-order valence-electron chi connectivity index (χ4n) is 2.56. The molecule has 24 heavy (non-hydrogen) atoms. The SMILES string of the molecule is CCCCCc1ccc(OCC(C)S(=O)(=O)O)c(CCCCC)c1. The van der Waals surface area contributed by atoms with Crippen LogP contribution in [0, 0.1) is 0 Å². The first-order valence-electron chi connectivity index (χ1n) is 9.09. The summed E-state index contributed by atoms with van der Waals surface area (Å²) in [7, 11) is -4.05. The van der Waals surface area contributed by atoms with Crippen LogP contribution < -0.4 is 4.74 Å². The second-order valence-corrected chi connectivity index (χ2v) is 8.33. The molecule has 0 bridgehead atoms. The average molecular weight is 357 g/mol. The predicted molar refractivity (Wildman–Crippen MR) is 99.4 cm³/mol. The van der Waals surface area contributed by atoms with E-state index in [2.05, 4.69) is 26.0 Å². The van der Waals surface area contributed by atoms with Crippen LogP contribution in [-0.2, 0) is 23.0 Å². The molecule has 4 nitrogen and oxygen atoms in total. The molecule has 0 aromatic heterocycles. The van der Waals surface area contributed by atoms with Crippen molar-refractivity contribution in [3.05, 3.63) is 29.3 Å². The molecule has 0 saturated carbocycles. The zero-order valence-corrected chi connectivity index (χ0v) is 16.1. The molecule has 138 valence electrons. The minimum absolute atomic E-state index is 0.0329. The third kappa shape index (κ3) is 7.67. The van der Waals surface area contributed by atoms with Gasteiger partial charge in [-0.15, -0.1) is 0 Å². The largest absolute Gasteiger partial charge is 0.492 e. The summed E-state index contributed by atoms with van der Waals surface area (Å²) < 4.78 is 37.0. The Morgan fingerprint density at radius 1 is 1.04 bits per heavy atom. The number of benzene rings is 1. The number of rotatable bonds is 12. The highest BCUT2D eigenvalue weighted by molar-refractivity contribution is 7.86. The van der Waals surface area contributed by atoms with Crippen LogP contribution in [0.3, 0.4) is 0 Å². The molecule has 1 N–H and O–H groups in total. The second kappa shape index (κ2) is 10.7. The number of ether oxygens (including phenoxy) is 1. The van der Waals surface area contributed by atoms with Gasteiger partial charge in [0.2, 0.25) is 0 Å². The maximum Gasteiger partial charge on any atom is 0.270 e. The van der Waals surface area contributed by atoms with Crippen molar-refractivity contribution in [1.82, 2.24) is 0 Å². The van der Waals surface area contributed by atoms with Crippen LogP contribution in [0.15, 0.2) is 18.2 Å². The van der Waals surface area contributed by atoms with E-state index in [1.165, 1.54) is 38.2 Å². The molecule has 0 saturated heterocycles. The van der Waals surface area contributed by atoms with Gasteiger partial charge in [0, 0.05) is 0 Å². The Labute approximate surface area is 147 Å². The molecule has 0 aliphatic carbocycles. The Hall–Kier alpha value is -1.07. The molecule has 1 aromatic carbocycles. The summed E-state index contributed by atoms with van der Waals surface area (Å²) >= 11 is 0. The summed E-state index contributed by atoms with van der Waals surface area (Å²) in [5, 5.41) is -0.926. The maximum atomic E-state index is 11.1. The van der Waals surface area contributed by atoms with Crippen LogP contribution in [0.1, 0.15) is 70.4 Å². The van der Waals surface area contributed by atoms with Crippen LogP contribution >= 0.6 is 0 Å². The molecule has 0 aliphatic heterocycles. The van der Waals surface area contributed by atoms with E-state index in [4.69, 9.17) is 9.29 Å². The fraction of sp³-hybridized carbons (Fsp3) is 0.684. The highest BCUT2D eigenvalue weighted by Crippen LogP contribution is 2.24. The van der Waals surface area contributed by atoms with Crippen molar-refractivity contribution in [2.75, 3.05) is 6.61 Å². The van der Waals surface area contributed by atoms with E-state index in [0.717, 1.165) is 37.0 Å². The zero-order chi connectivity index (χ0) is 18.0. The lowest BCUT2D eigenvalue weighted by Crippen LogP contribution is -2.24. The van der Waals surface area contributed by atoms with Crippen molar-refractivity contribution >= 4 is 10.1 Å². The van der Waals surface area contributed by atoms with E-state index in [-0.39, 0.29) is 6.61 Å². The summed E-state index contributed by atoms with van der Waals surface area (Å²) in [5.74, 6) is 0.737. The van der Waals surface area contributed by atoms with Crippen LogP contribution in [0.5, 0.6) is 5.75 Å². The third-order valence-corrected chi connectivity index (χ3v) is 5.38. The molecule has 1 rings (SSSR count). The van der Waals surface area contributed by atoms with Gasteiger partial charge in [-0.05, 0) is 49.8 Å². The zero-order valence-electron chi connectivity index (χ0n) is 15.3. The normalized spacial score (nSPS) is 13.0. The molecular weight excluding hydrogens is 324 g/mol.